The molecule has 1 aliphatic carbocycles. The quantitative estimate of drug-likeness (QED) is 0.682. The first-order valence-corrected chi connectivity index (χ1v) is 8.82. The van der Waals surface area contributed by atoms with Crippen LogP contribution < -0.4 is 10.6 Å². The Morgan fingerprint density at radius 2 is 2.04 bits per heavy atom. The highest BCUT2D eigenvalue weighted by atomic mass is 35.5. The fourth-order valence-corrected chi connectivity index (χ4v) is 2.68. The van der Waals surface area contributed by atoms with Crippen molar-refractivity contribution in [3.63, 3.8) is 0 Å². The highest BCUT2D eigenvalue weighted by molar-refractivity contribution is 6.30. The fourth-order valence-electron chi connectivity index (χ4n) is 2.50. The molecule has 7 heteroatoms. The van der Waals surface area contributed by atoms with Crippen LogP contribution in [0.25, 0.3) is 0 Å². The average molecular weight is 365 g/mol. The molecule has 0 amide bonds. The van der Waals surface area contributed by atoms with Gasteiger partial charge in [0.2, 0.25) is 5.95 Å². The SMILES string of the molecule is CC(C)[C@@H](CO)Nc1nc(Nc2cc(Cl)ccc2F)cc(C2CC2)n1. The van der Waals surface area contributed by atoms with Crippen molar-refractivity contribution in [3.8, 4) is 0 Å². The molecular weight excluding hydrogens is 343 g/mol. The summed E-state index contributed by atoms with van der Waals surface area (Å²) in [4.78, 5) is 8.98. The molecule has 1 fully saturated rings. The zero-order valence-corrected chi connectivity index (χ0v) is 15.0. The topological polar surface area (TPSA) is 70.1 Å². The van der Waals surface area contributed by atoms with Crippen LogP contribution in [0, 0.1) is 11.7 Å². The predicted octanol–water partition coefficient (Wildman–Crippen LogP) is 4.32. The Morgan fingerprint density at radius 3 is 2.68 bits per heavy atom. The van der Waals surface area contributed by atoms with Gasteiger partial charge in [0.05, 0.1) is 24.0 Å². The molecule has 0 unspecified atom stereocenters. The summed E-state index contributed by atoms with van der Waals surface area (Å²) >= 11 is 5.95. The Hall–Kier alpha value is -1.92. The number of nitrogens with one attached hydrogen (secondary N) is 2. The maximum absolute atomic E-state index is 14.0. The van der Waals surface area contributed by atoms with Crippen LogP contribution in [0.4, 0.5) is 21.8 Å². The number of aromatic nitrogens is 2. The van der Waals surface area contributed by atoms with Crippen LogP contribution >= 0.6 is 11.6 Å². The molecule has 0 saturated heterocycles. The highest BCUT2D eigenvalue weighted by Gasteiger charge is 2.27. The Balaban J connectivity index is 1.89. The third kappa shape index (κ3) is 4.58. The summed E-state index contributed by atoms with van der Waals surface area (Å²) < 4.78 is 14.0. The largest absolute Gasteiger partial charge is 0.394 e. The first-order valence-electron chi connectivity index (χ1n) is 8.44. The normalized spacial score (nSPS) is 15.3. The number of benzene rings is 1. The van der Waals surface area contributed by atoms with E-state index in [1.54, 1.807) is 0 Å². The van der Waals surface area contributed by atoms with E-state index in [0.29, 0.717) is 22.7 Å². The Morgan fingerprint density at radius 1 is 1.28 bits per heavy atom. The molecular formula is C18H22ClFN4O. The molecule has 0 aliphatic heterocycles. The van der Waals surface area contributed by atoms with Gasteiger partial charge in [0.25, 0.3) is 0 Å². The fraction of sp³-hybridized carbons (Fsp3) is 0.444. The van der Waals surface area contributed by atoms with Crippen LogP contribution in [0.2, 0.25) is 5.02 Å². The van der Waals surface area contributed by atoms with E-state index in [-0.39, 0.29) is 24.3 Å². The molecule has 3 rings (SSSR count). The van der Waals surface area contributed by atoms with Gasteiger partial charge < -0.3 is 15.7 Å². The summed E-state index contributed by atoms with van der Waals surface area (Å²) in [5.41, 5.74) is 1.18. The molecule has 1 heterocycles. The average Bonchev–Trinajstić information content (AvgIpc) is 3.40. The van der Waals surface area contributed by atoms with E-state index >= 15 is 0 Å². The molecule has 2 aromatic rings. The summed E-state index contributed by atoms with van der Waals surface area (Å²) in [6.45, 7) is 4.01. The summed E-state index contributed by atoms with van der Waals surface area (Å²) in [7, 11) is 0. The van der Waals surface area contributed by atoms with Crippen molar-refractivity contribution in [1.29, 1.82) is 0 Å². The predicted molar refractivity (Wildman–Crippen MR) is 98.0 cm³/mol. The van der Waals surface area contributed by atoms with Crippen LogP contribution in [0.3, 0.4) is 0 Å². The second kappa shape index (κ2) is 7.54. The second-order valence-electron chi connectivity index (χ2n) is 6.70. The standard InChI is InChI=1S/C18H22ClFN4O/c1-10(2)16(9-25)23-18-22-14(11-3-4-11)8-17(24-18)21-15-7-12(19)5-6-13(15)20/h5-8,10-11,16,25H,3-4,9H2,1-2H3,(H2,21,22,23,24)/t16-/m1/s1. The van der Waals surface area contributed by atoms with E-state index in [1.807, 2.05) is 19.9 Å². The number of rotatable bonds is 7. The van der Waals surface area contributed by atoms with E-state index in [4.69, 9.17) is 11.6 Å². The molecule has 1 aromatic heterocycles. The van der Waals surface area contributed by atoms with Crippen molar-refractivity contribution in [2.45, 2.75) is 38.6 Å². The lowest BCUT2D eigenvalue weighted by Gasteiger charge is -2.20. The van der Waals surface area contributed by atoms with Gasteiger partial charge in [-0.05, 0) is 37.0 Å². The van der Waals surface area contributed by atoms with Gasteiger partial charge in [0, 0.05) is 17.0 Å². The number of aliphatic hydroxyl groups excluding tert-OH is 1. The molecule has 5 nitrogen and oxygen atoms in total. The van der Waals surface area contributed by atoms with Crippen LogP contribution in [0.5, 0.6) is 0 Å². The van der Waals surface area contributed by atoms with Gasteiger partial charge in [-0.2, -0.15) is 4.98 Å². The molecule has 0 bridgehead atoms. The summed E-state index contributed by atoms with van der Waals surface area (Å²) in [6.07, 6.45) is 2.18. The minimum absolute atomic E-state index is 0.0135. The summed E-state index contributed by atoms with van der Waals surface area (Å²) in [5, 5.41) is 16.1. The van der Waals surface area contributed by atoms with E-state index in [2.05, 4.69) is 20.6 Å². The van der Waals surface area contributed by atoms with Gasteiger partial charge >= 0.3 is 0 Å². The Labute approximate surface area is 151 Å². The summed E-state index contributed by atoms with van der Waals surface area (Å²) in [5.74, 6) is 1.17. The first-order chi connectivity index (χ1) is 12.0. The van der Waals surface area contributed by atoms with E-state index < -0.39 is 5.82 Å². The zero-order valence-electron chi connectivity index (χ0n) is 14.3. The van der Waals surface area contributed by atoms with Crippen LogP contribution in [-0.4, -0.2) is 27.7 Å². The van der Waals surface area contributed by atoms with E-state index in [0.717, 1.165) is 18.5 Å². The van der Waals surface area contributed by atoms with Gasteiger partial charge in [-0.3, -0.25) is 0 Å². The lowest BCUT2D eigenvalue weighted by Crippen LogP contribution is -2.30. The number of nitrogens with zero attached hydrogens (tertiary/aromatic N) is 2. The first kappa shape index (κ1) is 17.9. The lowest BCUT2D eigenvalue weighted by atomic mass is 10.1. The van der Waals surface area contributed by atoms with Gasteiger partial charge in [0.1, 0.15) is 11.6 Å². The third-order valence-electron chi connectivity index (χ3n) is 4.25. The van der Waals surface area contributed by atoms with Gasteiger partial charge in [-0.25, -0.2) is 9.37 Å². The molecule has 1 saturated carbocycles. The molecule has 1 aromatic carbocycles. The molecule has 1 aliphatic rings. The van der Waals surface area contributed by atoms with Gasteiger partial charge in [0.15, 0.2) is 0 Å². The second-order valence-corrected chi connectivity index (χ2v) is 7.14. The zero-order chi connectivity index (χ0) is 18.0. The minimum Gasteiger partial charge on any atom is -0.394 e. The molecule has 134 valence electrons. The van der Waals surface area contributed by atoms with Gasteiger partial charge in [-0.1, -0.05) is 25.4 Å². The van der Waals surface area contributed by atoms with Gasteiger partial charge in [-0.15, -0.1) is 0 Å². The van der Waals surface area contributed by atoms with Crippen molar-refractivity contribution in [1.82, 2.24) is 9.97 Å². The smallest absolute Gasteiger partial charge is 0.225 e. The van der Waals surface area contributed by atoms with E-state index in [1.165, 1.54) is 18.2 Å². The number of aliphatic hydroxyl groups is 1. The van der Waals surface area contributed by atoms with Crippen LogP contribution in [0.15, 0.2) is 24.3 Å². The van der Waals surface area contributed by atoms with Crippen molar-refractivity contribution in [2.75, 3.05) is 17.2 Å². The molecule has 3 N–H and O–H groups in total. The molecule has 1 atom stereocenters. The highest BCUT2D eigenvalue weighted by Crippen LogP contribution is 2.40. The third-order valence-corrected chi connectivity index (χ3v) is 4.48. The number of anilines is 3. The molecule has 25 heavy (non-hydrogen) atoms. The van der Waals surface area contributed by atoms with Crippen LogP contribution in [0.1, 0.15) is 38.3 Å². The Bertz CT molecular complexity index is 752. The number of hydrogen-bond acceptors (Lipinski definition) is 5. The Kier molecular flexibility index (Phi) is 5.39. The molecule has 0 radical (unpaired) electrons. The number of hydrogen-bond donors (Lipinski definition) is 3. The van der Waals surface area contributed by atoms with Crippen molar-refractivity contribution in [3.05, 3.63) is 40.8 Å². The minimum atomic E-state index is -0.402. The monoisotopic (exact) mass is 364 g/mol. The maximum atomic E-state index is 14.0. The van der Waals surface area contributed by atoms with Crippen molar-refractivity contribution in [2.24, 2.45) is 5.92 Å². The maximum Gasteiger partial charge on any atom is 0.225 e. The molecule has 0 spiro atoms. The van der Waals surface area contributed by atoms with Crippen molar-refractivity contribution >= 4 is 29.1 Å². The summed E-state index contributed by atoms with van der Waals surface area (Å²) in [6, 6.07) is 6.03. The van der Waals surface area contributed by atoms with Crippen LogP contribution in [-0.2, 0) is 0 Å². The number of halogens is 2. The van der Waals surface area contributed by atoms with Crippen molar-refractivity contribution < 1.29 is 9.50 Å². The lowest BCUT2D eigenvalue weighted by molar-refractivity contribution is 0.248. The van der Waals surface area contributed by atoms with E-state index in [9.17, 15) is 9.50 Å².